The van der Waals surface area contributed by atoms with Crippen LogP contribution in [0.3, 0.4) is 0 Å². The molecule has 1 spiro atoms. The molecule has 1 fully saturated rings. The highest BCUT2D eigenvalue weighted by molar-refractivity contribution is 7.99. The third kappa shape index (κ3) is 4.01. The molecule has 2 aromatic rings. The summed E-state index contributed by atoms with van der Waals surface area (Å²) in [4.78, 5) is 14.8. The second kappa shape index (κ2) is 9.08. The smallest absolute Gasteiger partial charge is 0.230 e. The summed E-state index contributed by atoms with van der Waals surface area (Å²) in [6.07, 6.45) is 3.75. The third-order valence-electron chi connectivity index (χ3n) is 6.57. The first-order valence-corrected chi connectivity index (χ1v) is 11.8. The third-order valence-corrected chi connectivity index (χ3v) is 7.12. The van der Waals surface area contributed by atoms with E-state index in [1.807, 2.05) is 18.4 Å². The monoisotopic (exact) mass is 428 g/mol. The van der Waals surface area contributed by atoms with Crippen molar-refractivity contribution in [3.8, 4) is 0 Å². The molecule has 1 N–H and O–H groups in total. The van der Waals surface area contributed by atoms with Crippen molar-refractivity contribution in [2.24, 2.45) is 0 Å². The van der Waals surface area contributed by atoms with Crippen LogP contribution in [0.5, 0.6) is 0 Å². The first-order valence-electron chi connectivity index (χ1n) is 10.4. The van der Waals surface area contributed by atoms with E-state index in [1.54, 1.807) is 19.2 Å². The minimum atomic E-state index is -0.186. The molecule has 4 rings (SSSR count). The molecule has 0 radical (unpaired) electrons. The van der Waals surface area contributed by atoms with Gasteiger partial charge in [0.1, 0.15) is 5.82 Å². The fourth-order valence-corrected chi connectivity index (χ4v) is 5.62. The van der Waals surface area contributed by atoms with Crippen molar-refractivity contribution in [1.82, 2.24) is 10.2 Å². The standard InChI is InChI=1S/C24H29FN2O2S/c1-29-23-22(26-21(28)16-30-2)19-8-3-4-9-20(19)24(23)10-12-27(13-11-24)15-17-6-5-7-18(25)14-17/h3-9,14,22-23H,10-13,15-16H2,1-2H3,(H,26,28)/t22-,23+/m1/s1. The Labute approximate surface area is 182 Å². The van der Waals surface area contributed by atoms with E-state index in [4.69, 9.17) is 4.74 Å². The molecular formula is C24H29FN2O2S. The summed E-state index contributed by atoms with van der Waals surface area (Å²) in [7, 11) is 1.76. The van der Waals surface area contributed by atoms with E-state index in [-0.39, 0.29) is 29.3 Å². The Kier molecular flexibility index (Phi) is 6.46. The van der Waals surface area contributed by atoms with E-state index in [1.165, 1.54) is 29.0 Å². The molecule has 0 unspecified atom stereocenters. The first kappa shape index (κ1) is 21.3. The molecule has 30 heavy (non-hydrogen) atoms. The highest BCUT2D eigenvalue weighted by atomic mass is 32.2. The summed E-state index contributed by atoms with van der Waals surface area (Å²) in [5.74, 6) is 0.308. The fraction of sp³-hybridized carbons (Fsp3) is 0.458. The fourth-order valence-electron chi connectivity index (χ4n) is 5.28. The van der Waals surface area contributed by atoms with Gasteiger partial charge in [-0.2, -0.15) is 11.8 Å². The SMILES string of the molecule is CO[C@H]1[C@H](NC(=O)CSC)c2ccccc2C12CCN(Cc1cccc(F)c1)CC2. The van der Waals surface area contributed by atoms with Crippen molar-refractivity contribution in [2.45, 2.75) is 36.9 Å². The second-order valence-corrected chi connectivity index (χ2v) is 9.15. The van der Waals surface area contributed by atoms with Gasteiger partial charge in [-0.3, -0.25) is 9.69 Å². The Hall–Kier alpha value is -1.89. The maximum absolute atomic E-state index is 13.6. The summed E-state index contributed by atoms with van der Waals surface area (Å²) in [5, 5.41) is 3.23. The summed E-state index contributed by atoms with van der Waals surface area (Å²) in [6, 6.07) is 15.2. The number of hydrogen-bond donors (Lipinski definition) is 1. The molecular weight excluding hydrogens is 399 g/mol. The number of amides is 1. The zero-order valence-electron chi connectivity index (χ0n) is 17.6. The molecule has 1 aliphatic heterocycles. The lowest BCUT2D eigenvalue weighted by molar-refractivity contribution is -0.121. The van der Waals surface area contributed by atoms with E-state index >= 15 is 0 Å². The van der Waals surface area contributed by atoms with Gasteiger partial charge in [-0.25, -0.2) is 4.39 Å². The van der Waals surface area contributed by atoms with Crippen LogP contribution in [0.1, 0.15) is 35.6 Å². The van der Waals surface area contributed by atoms with Crippen LogP contribution in [-0.4, -0.2) is 49.1 Å². The molecule has 2 atom stereocenters. The number of rotatable bonds is 6. The average molecular weight is 429 g/mol. The Balaban J connectivity index is 1.55. The van der Waals surface area contributed by atoms with Gasteiger partial charge in [0.25, 0.3) is 0 Å². The number of fused-ring (bicyclic) bond motifs is 2. The van der Waals surface area contributed by atoms with Crippen LogP contribution in [0.4, 0.5) is 4.39 Å². The molecule has 1 amide bonds. The van der Waals surface area contributed by atoms with Gasteiger partial charge >= 0.3 is 0 Å². The number of ether oxygens (including phenoxy) is 1. The molecule has 160 valence electrons. The average Bonchev–Trinajstić information content (AvgIpc) is 2.99. The van der Waals surface area contributed by atoms with E-state index in [0.717, 1.165) is 38.0 Å². The second-order valence-electron chi connectivity index (χ2n) is 8.28. The van der Waals surface area contributed by atoms with Crippen LogP contribution in [0, 0.1) is 5.82 Å². The van der Waals surface area contributed by atoms with Gasteiger partial charge in [0.05, 0.1) is 17.9 Å². The lowest BCUT2D eigenvalue weighted by Crippen LogP contribution is -2.50. The van der Waals surface area contributed by atoms with Crippen LogP contribution in [0.15, 0.2) is 48.5 Å². The number of benzene rings is 2. The number of likely N-dealkylation sites (tertiary alicyclic amines) is 1. The molecule has 1 saturated heterocycles. The number of methoxy groups -OCH3 is 1. The molecule has 0 saturated carbocycles. The van der Waals surface area contributed by atoms with Gasteiger partial charge in [-0.05, 0) is 61.0 Å². The van der Waals surface area contributed by atoms with E-state index in [9.17, 15) is 9.18 Å². The predicted octanol–water partition coefficient (Wildman–Crippen LogP) is 3.91. The molecule has 2 aromatic carbocycles. The van der Waals surface area contributed by atoms with Crippen molar-refractivity contribution in [2.75, 3.05) is 32.2 Å². The van der Waals surface area contributed by atoms with E-state index in [0.29, 0.717) is 5.75 Å². The quantitative estimate of drug-likeness (QED) is 0.758. The Bertz CT molecular complexity index is 898. The first-order chi connectivity index (χ1) is 14.6. The van der Waals surface area contributed by atoms with Gasteiger partial charge in [0.15, 0.2) is 0 Å². The highest BCUT2D eigenvalue weighted by Crippen LogP contribution is 2.52. The molecule has 6 heteroatoms. The number of carbonyl (C=O) groups is 1. The van der Waals surface area contributed by atoms with E-state index in [2.05, 4.69) is 28.4 Å². The van der Waals surface area contributed by atoms with Crippen LogP contribution in [0.25, 0.3) is 0 Å². The molecule has 0 bridgehead atoms. The number of nitrogens with one attached hydrogen (secondary N) is 1. The lowest BCUT2D eigenvalue weighted by Gasteiger charge is -2.44. The Morgan fingerprint density at radius 1 is 1.23 bits per heavy atom. The van der Waals surface area contributed by atoms with Gasteiger partial charge in [-0.1, -0.05) is 36.4 Å². The number of piperidine rings is 1. The van der Waals surface area contributed by atoms with Crippen molar-refractivity contribution < 1.29 is 13.9 Å². The minimum Gasteiger partial charge on any atom is -0.378 e. The highest BCUT2D eigenvalue weighted by Gasteiger charge is 2.53. The van der Waals surface area contributed by atoms with Gasteiger partial charge in [0.2, 0.25) is 5.91 Å². The summed E-state index contributed by atoms with van der Waals surface area (Å²) in [6.45, 7) is 2.58. The Morgan fingerprint density at radius 3 is 2.70 bits per heavy atom. The predicted molar refractivity (Wildman–Crippen MR) is 119 cm³/mol. The number of carbonyl (C=O) groups excluding carboxylic acids is 1. The summed E-state index contributed by atoms with van der Waals surface area (Å²) < 4.78 is 19.6. The zero-order valence-corrected chi connectivity index (χ0v) is 18.4. The molecule has 0 aromatic heterocycles. The topological polar surface area (TPSA) is 41.6 Å². The largest absolute Gasteiger partial charge is 0.378 e. The van der Waals surface area contributed by atoms with Crippen LogP contribution in [-0.2, 0) is 21.5 Å². The minimum absolute atomic E-state index is 0.0462. The van der Waals surface area contributed by atoms with Crippen LogP contribution < -0.4 is 5.32 Å². The Morgan fingerprint density at radius 2 is 2.00 bits per heavy atom. The molecule has 2 aliphatic rings. The summed E-state index contributed by atoms with van der Waals surface area (Å²) >= 11 is 1.53. The van der Waals surface area contributed by atoms with Gasteiger partial charge in [-0.15, -0.1) is 0 Å². The molecule has 1 aliphatic carbocycles. The van der Waals surface area contributed by atoms with Crippen molar-refractivity contribution in [3.05, 3.63) is 71.0 Å². The van der Waals surface area contributed by atoms with Crippen LogP contribution >= 0.6 is 11.8 Å². The number of thioether (sulfide) groups is 1. The van der Waals surface area contributed by atoms with Crippen molar-refractivity contribution in [1.29, 1.82) is 0 Å². The summed E-state index contributed by atoms with van der Waals surface area (Å²) in [5.41, 5.74) is 3.37. The normalized spacial score (nSPS) is 22.8. The van der Waals surface area contributed by atoms with Crippen molar-refractivity contribution in [3.63, 3.8) is 0 Å². The van der Waals surface area contributed by atoms with Crippen LogP contribution in [0.2, 0.25) is 0 Å². The van der Waals surface area contributed by atoms with Crippen molar-refractivity contribution >= 4 is 17.7 Å². The van der Waals surface area contributed by atoms with Gasteiger partial charge in [0, 0.05) is 19.1 Å². The molecule has 1 heterocycles. The number of nitrogens with zero attached hydrogens (tertiary/aromatic N) is 1. The zero-order chi connectivity index (χ0) is 21.1. The van der Waals surface area contributed by atoms with E-state index < -0.39 is 0 Å². The maximum atomic E-state index is 13.6. The maximum Gasteiger partial charge on any atom is 0.230 e. The number of halogens is 1. The molecule has 4 nitrogen and oxygen atoms in total. The number of hydrogen-bond acceptors (Lipinski definition) is 4. The lowest BCUT2D eigenvalue weighted by atomic mass is 9.72. The van der Waals surface area contributed by atoms with Gasteiger partial charge < -0.3 is 10.1 Å².